The van der Waals surface area contributed by atoms with Crippen molar-refractivity contribution >= 4 is 27.7 Å². The molecule has 0 aromatic carbocycles. The molecule has 4 atom stereocenters. The van der Waals surface area contributed by atoms with E-state index in [1.165, 1.54) is 25.1 Å². The van der Waals surface area contributed by atoms with Crippen LogP contribution in [0.5, 0.6) is 0 Å². The molecule has 172 valence electrons. The second kappa shape index (κ2) is 7.62. The van der Waals surface area contributed by atoms with Gasteiger partial charge in [-0.2, -0.15) is 0 Å². The second-order valence-corrected chi connectivity index (χ2v) is 10.8. The number of carbonyl (C=O) groups excluding carboxylic acids is 2. The van der Waals surface area contributed by atoms with Crippen LogP contribution >= 0.6 is 15.9 Å². The number of primary amides is 2. The van der Waals surface area contributed by atoms with E-state index in [0.717, 1.165) is 45.3 Å². The fraction of sp³-hybridized carbons (Fsp3) is 0.625. The number of halogens is 2. The predicted octanol–water partition coefficient (Wildman–Crippen LogP) is 3.04. The summed E-state index contributed by atoms with van der Waals surface area (Å²) in [6.45, 7) is 3.21. The lowest BCUT2D eigenvalue weighted by Gasteiger charge is -2.48. The van der Waals surface area contributed by atoms with Crippen LogP contribution in [0.3, 0.4) is 0 Å². The van der Waals surface area contributed by atoms with E-state index >= 15 is 0 Å². The number of carbonyl (C=O) groups is 2. The first-order valence-corrected chi connectivity index (χ1v) is 12.4. The molecule has 0 unspecified atom stereocenters. The number of pyridine rings is 1. The van der Waals surface area contributed by atoms with Crippen molar-refractivity contribution < 1.29 is 14.0 Å². The molecule has 2 amide bonds. The fourth-order valence-corrected chi connectivity index (χ4v) is 7.69. The van der Waals surface area contributed by atoms with Gasteiger partial charge in [0.2, 0.25) is 11.8 Å². The van der Waals surface area contributed by atoms with Crippen LogP contribution in [-0.4, -0.2) is 41.3 Å². The summed E-state index contributed by atoms with van der Waals surface area (Å²) in [4.78, 5) is 33.3. The van der Waals surface area contributed by atoms with Crippen LogP contribution in [0.25, 0.3) is 0 Å². The van der Waals surface area contributed by atoms with Crippen molar-refractivity contribution in [3.63, 3.8) is 0 Å². The number of allylic oxidation sites excluding steroid dienone is 2. The van der Waals surface area contributed by atoms with Gasteiger partial charge in [-0.3, -0.25) is 9.59 Å². The first kappa shape index (κ1) is 22.0. The highest BCUT2D eigenvalue weighted by Crippen LogP contribution is 2.80. The van der Waals surface area contributed by atoms with Crippen molar-refractivity contribution in [2.45, 2.75) is 50.4 Å². The first-order chi connectivity index (χ1) is 15.3. The van der Waals surface area contributed by atoms with Crippen LogP contribution in [0, 0.1) is 28.5 Å². The van der Waals surface area contributed by atoms with Gasteiger partial charge in [0.25, 0.3) is 0 Å². The molecular weight excluding hydrogens is 475 g/mol. The van der Waals surface area contributed by atoms with Crippen LogP contribution in [0.2, 0.25) is 0 Å². The average Bonchev–Trinajstić information content (AvgIpc) is 3.12. The van der Waals surface area contributed by atoms with E-state index < -0.39 is 28.5 Å². The number of hydrogen-bond acceptors (Lipinski definition) is 4. The molecule has 2 bridgehead atoms. The van der Waals surface area contributed by atoms with E-state index in [1.54, 1.807) is 0 Å². The van der Waals surface area contributed by atoms with Crippen molar-refractivity contribution in [3.05, 3.63) is 40.4 Å². The van der Waals surface area contributed by atoms with Gasteiger partial charge < -0.3 is 16.4 Å². The Morgan fingerprint density at radius 3 is 2.41 bits per heavy atom. The van der Waals surface area contributed by atoms with Gasteiger partial charge in [0.1, 0.15) is 4.60 Å². The van der Waals surface area contributed by atoms with E-state index in [-0.39, 0.29) is 21.9 Å². The van der Waals surface area contributed by atoms with Crippen molar-refractivity contribution in [3.8, 4) is 0 Å². The number of nitrogens with zero attached hydrogens (tertiary/aromatic N) is 2. The molecule has 1 aliphatic heterocycles. The summed E-state index contributed by atoms with van der Waals surface area (Å²) < 4.78 is 14.7. The summed E-state index contributed by atoms with van der Waals surface area (Å²) in [5.74, 6) is -2.13. The number of hydrogen-bond donors (Lipinski definition) is 2. The van der Waals surface area contributed by atoms with E-state index in [9.17, 15) is 14.0 Å². The lowest BCUT2D eigenvalue weighted by Crippen LogP contribution is -2.62. The van der Waals surface area contributed by atoms with Gasteiger partial charge in [0.05, 0.1) is 10.8 Å². The van der Waals surface area contributed by atoms with Gasteiger partial charge in [-0.25, -0.2) is 9.37 Å². The van der Waals surface area contributed by atoms with Crippen LogP contribution in [0.4, 0.5) is 4.39 Å². The number of nitrogens with two attached hydrogens (primary N) is 2. The molecule has 3 fully saturated rings. The summed E-state index contributed by atoms with van der Waals surface area (Å²) in [7, 11) is 0. The third-order valence-corrected chi connectivity index (χ3v) is 9.42. The van der Waals surface area contributed by atoms with Crippen molar-refractivity contribution in [1.29, 1.82) is 0 Å². The lowest BCUT2D eigenvalue weighted by atomic mass is 9.52. The Labute approximate surface area is 196 Å². The number of unbranched alkanes of at least 4 members (excludes halogenated alkanes) is 1. The molecule has 0 radical (unpaired) electrons. The first-order valence-electron chi connectivity index (χ1n) is 11.6. The summed E-state index contributed by atoms with van der Waals surface area (Å²) in [5.41, 5.74) is 9.94. The van der Waals surface area contributed by atoms with Crippen molar-refractivity contribution in [1.82, 2.24) is 9.88 Å². The highest BCUT2D eigenvalue weighted by molar-refractivity contribution is 9.10. The van der Waals surface area contributed by atoms with Gasteiger partial charge >= 0.3 is 0 Å². The SMILES string of the molecule is NC(=O)[C@]1(CCCCN2CCCC2)[C@@H]2C=C[C@@H](C23CC3)[C@@]1(C(N)=O)c1cnc(Br)c(F)c1. The predicted molar refractivity (Wildman–Crippen MR) is 122 cm³/mol. The van der Waals surface area contributed by atoms with E-state index in [1.807, 2.05) is 6.08 Å². The van der Waals surface area contributed by atoms with Gasteiger partial charge in [-0.1, -0.05) is 18.6 Å². The van der Waals surface area contributed by atoms with Gasteiger partial charge in [0.15, 0.2) is 5.82 Å². The molecule has 6 nitrogen and oxygen atoms in total. The Hall–Kier alpha value is -1.80. The molecule has 1 saturated heterocycles. The normalized spacial score (nSPS) is 34.4. The Morgan fingerprint density at radius 1 is 1.12 bits per heavy atom. The van der Waals surface area contributed by atoms with Gasteiger partial charge in [-0.05, 0) is 97.1 Å². The molecule has 4 N–H and O–H groups in total. The maximum Gasteiger partial charge on any atom is 0.229 e. The van der Waals surface area contributed by atoms with Crippen molar-refractivity contribution in [2.24, 2.45) is 34.1 Å². The Morgan fingerprint density at radius 2 is 1.81 bits per heavy atom. The van der Waals surface area contributed by atoms with Gasteiger partial charge in [-0.15, -0.1) is 0 Å². The summed E-state index contributed by atoms with van der Waals surface area (Å²) in [6, 6.07) is 1.31. The standard InChI is InChI=1S/C24H30BrFN4O2/c25-19-16(26)13-15(14-29-19)24(21(28)32)18-6-5-17(22(18)8-9-22)23(24,20(27)31)7-1-2-10-30-11-3-4-12-30/h5-6,13-14,17-18H,1-4,7-12H2,(H2,27,31)(H2,28,32)/t17-,18+,23+,24-/m1/s1. The van der Waals surface area contributed by atoms with Crippen LogP contribution in [0.15, 0.2) is 29.0 Å². The molecule has 8 heteroatoms. The molecule has 2 saturated carbocycles. The number of likely N-dealkylation sites (tertiary alicyclic amines) is 1. The minimum atomic E-state index is -1.39. The van der Waals surface area contributed by atoms with E-state index in [4.69, 9.17) is 11.5 Å². The number of aromatic nitrogens is 1. The zero-order valence-corrected chi connectivity index (χ0v) is 19.7. The minimum Gasteiger partial charge on any atom is -0.369 e. The second-order valence-electron chi connectivity index (χ2n) is 10.1. The quantitative estimate of drug-likeness (QED) is 0.322. The van der Waals surface area contributed by atoms with Crippen LogP contribution < -0.4 is 11.5 Å². The smallest absolute Gasteiger partial charge is 0.229 e. The van der Waals surface area contributed by atoms with Crippen LogP contribution in [-0.2, 0) is 15.0 Å². The topological polar surface area (TPSA) is 102 Å². The summed E-state index contributed by atoms with van der Waals surface area (Å²) >= 11 is 3.10. The summed E-state index contributed by atoms with van der Waals surface area (Å²) in [5, 5.41) is 0. The maximum absolute atomic E-state index is 14.6. The molecule has 2 heterocycles. The average molecular weight is 505 g/mol. The largest absolute Gasteiger partial charge is 0.369 e. The Bertz CT molecular complexity index is 990. The molecular formula is C24H30BrFN4O2. The minimum absolute atomic E-state index is 0.0657. The van der Waals surface area contributed by atoms with Crippen molar-refractivity contribution in [2.75, 3.05) is 19.6 Å². The Balaban J connectivity index is 1.58. The third-order valence-electron chi connectivity index (χ3n) is 8.84. The number of rotatable bonds is 8. The lowest BCUT2D eigenvalue weighted by molar-refractivity contribution is -0.144. The van der Waals surface area contributed by atoms with E-state index in [0.29, 0.717) is 12.0 Å². The molecule has 5 rings (SSSR count). The highest BCUT2D eigenvalue weighted by Gasteiger charge is 2.82. The molecule has 32 heavy (non-hydrogen) atoms. The van der Waals surface area contributed by atoms with Crippen LogP contribution in [0.1, 0.15) is 50.5 Å². The Kier molecular flexibility index (Phi) is 5.24. The maximum atomic E-state index is 14.6. The zero-order valence-electron chi connectivity index (χ0n) is 18.2. The van der Waals surface area contributed by atoms with Gasteiger partial charge in [0, 0.05) is 12.1 Å². The molecule has 1 spiro atoms. The summed E-state index contributed by atoms with van der Waals surface area (Å²) in [6.07, 6.45) is 12.0. The molecule has 1 aromatic heterocycles. The monoisotopic (exact) mass is 504 g/mol. The third kappa shape index (κ3) is 2.74. The molecule has 4 aliphatic rings. The van der Waals surface area contributed by atoms with E-state index in [2.05, 4.69) is 31.9 Å². The number of amides is 2. The fourth-order valence-electron chi connectivity index (χ4n) is 7.48. The molecule has 3 aliphatic carbocycles. The molecule has 1 aromatic rings. The highest BCUT2D eigenvalue weighted by atomic mass is 79.9. The zero-order chi connectivity index (χ0) is 22.7.